The van der Waals surface area contributed by atoms with Gasteiger partial charge in [-0.3, -0.25) is 9.78 Å². The Morgan fingerprint density at radius 2 is 2.14 bits per heavy atom. The molecule has 0 saturated heterocycles. The van der Waals surface area contributed by atoms with Crippen molar-refractivity contribution in [1.29, 1.82) is 0 Å². The first kappa shape index (κ1) is 11.2. The largest absolute Gasteiger partial charge is 0.381 e. The molecular formula is C10H13BrN2O. The van der Waals surface area contributed by atoms with E-state index in [4.69, 9.17) is 0 Å². The van der Waals surface area contributed by atoms with Crippen molar-refractivity contribution in [1.82, 2.24) is 4.98 Å². The van der Waals surface area contributed by atoms with Crippen molar-refractivity contribution in [2.75, 3.05) is 5.32 Å². The zero-order chi connectivity index (χ0) is 10.7. The lowest BCUT2D eigenvalue weighted by molar-refractivity contribution is 0.101. The lowest BCUT2D eigenvalue weighted by atomic mass is 10.1. The van der Waals surface area contributed by atoms with Gasteiger partial charge >= 0.3 is 0 Å². The molecule has 1 N–H and O–H groups in total. The summed E-state index contributed by atoms with van der Waals surface area (Å²) in [6, 6.07) is 0.284. The van der Waals surface area contributed by atoms with Crippen LogP contribution < -0.4 is 5.32 Å². The fourth-order valence-corrected chi connectivity index (χ4v) is 1.58. The van der Waals surface area contributed by atoms with Crippen molar-refractivity contribution >= 4 is 27.4 Å². The molecule has 0 amide bonds. The molecule has 0 aliphatic carbocycles. The number of aromatic nitrogens is 1. The highest BCUT2D eigenvalue weighted by Crippen LogP contribution is 2.26. The van der Waals surface area contributed by atoms with E-state index in [1.54, 1.807) is 12.4 Å². The number of nitrogens with one attached hydrogen (secondary N) is 1. The number of nitrogens with zero attached hydrogens (tertiary/aromatic N) is 1. The van der Waals surface area contributed by atoms with Gasteiger partial charge in [0.2, 0.25) is 0 Å². The molecule has 0 aliphatic heterocycles. The average molecular weight is 257 g/mol. The van der Waals surface area contributed by atoms with Gasteiger partial charge in [-0.2, -0.15) is 0 Å². The molecule has 0 fully saturated rings. The summed E-state index contributed by atoms with van der Waals surface area (Å²) in [6.07, 6.45) is 3.26. The third kappa shape index (κ3) is 2.54. The third-order valence-electron chi connectivity index (χ3n) is 1.71. The van der Waals surface area contributed by atoms with E-state index in [2.05, 4.69) is 26.2 Å². The van der Waals surface area contributed by atoms with Gasteiger partial charge in [0.25, 0.3) is 0 Å². The molecule has 0 spiro atoms. The predicted molar refractivity (Wildman–Crippen MR) is 60.7 cm³/mol. The van der Waals surface area contributed by atoms with Gasteiger partial charge in [0, 0.05) is 18.4 Å². The molecule has 0 aliphatic rings. The van der Waals surface area contributed by atoms with Crippen molar-refractivity contribution in [3.05, 3.63) is 22.4 Å². The number of ketones is 1. The molecule has 0 saturated carbocycles. The molecule has 4 heteroatoms. The van der Waals surface area contributed by atoms with E-state index in [1.807, 2.05) is 13.8 Å². The second-order valence-corrected chi connectivity index (χ2v) is 4.25. The Labute approximate surface area is 92.1 Å². The maximum absolute atomic E-state index is 11.3. The topological polar surface area (TPSA) is 42.0 Å². The summed E-state index contributed by atoms with van der Waals surface area (Å²) in [5.74, 6) is 0.0157. The smallest absolute Gasteiger partial charge is 0.163 e. The monoisotopic (exact) mass is 256 g/mol. The Morgan fingerprint density at radius 3 is 2.64 bits per heavy atom. The van der Waals surface area contributed by atoms with Gasteiger partial charge < -0.3 is 5.32 Å². The molecule has 0 unspecified atom stereocenters. The Bertz CT molecular complexity index is 350. The van der Waals surface area contributed by atoms with Crippen LogP contribution in [0.25, 0.3) is 0 Å². The Kier molecular flexibility index (Phi) is 3.63. The maximum atomic E-state index is 11.3. The lowest BCUT2D eigenvalue weighted by Crippen LogP contribution is -2.13. The van der Waals surface area contributed by atoms with Gasteiger partial charge in [0.15, 0.2) is 5.78 Å². The maximum Gasteiger partial charge on any atom is 0.163 e. The summed E-state index contributed by atoms with van der Waals surface area (Å²) >= 11 is 3.37. The van der Waals surface area contributed by atoms with Crippen LogP contribution in [-0.4, -0.2) is 16.8 Å². The molecule has 1 heterocycles. The van der Waals surface area contributed by atoms with Gasteiger partial charge in [-0.25, -0.2) is 0 Å². The Balaban J connectivity index is 3.15. The van der Waals surface area contributed by atoms with E-state index in [0.29, 0.717) is 5.56 Å². The van der Waals surface area contributed by atoms with Gasteiger partial charge in [-0.1, -0.05) is 0 Å². The molecule has 0 bridgehead atoms. The summed E-state index contributed by atoms with van der Waals surface area (Å²) in [5.41, 5.74) is 1.44. The van der Waals surface area contributed by atoms with Crippen molar-refractivity contribution < 1.29 is 4.79 Å². The SMILES string of the molecule is CC(=O)c1cncc(Br)c1NC(C)C. The van der Waals surface area contributed by atoms with Crippen molar-refractivity contribution in [2.24, 2.45) is 0 Å². The van der Waals surface area contributed by atoms with Crippen LogP contribution in [0.4, 0.5) is 5.69 Å². The van der Waals surface area contributed by atoms with Gasteiger partial charge in [-0.15, -0.1) is 0 Å². The first-order chi connectivity index (χ1) is 6.52. The normalized spacial score (nSPS) is 10.4. The summed E-state index contributed by atoms with van der Waals surface area (Å²) in [4.78, 5) is 15.3. The van der Waals surface area contributed by atoms with E-state index >= 15 is 0 Å². The quantitative estimate of drug-likeness (QED) is 0.846. The highest BCUT2D eigenvalue weighted by molar-refractivity contribution is 9.10. The first-order valence-electron chi connectivity index (χ1n) is 4.43. The number of halogens is 1. The molecule has 1 aromatic heterocycles. The zero-order valence-electron chi connectivity index (χ0n) is 8.47. The fourth-order valence-electron chi connectivity index (χ4n) is 1.14. The zero-order valence-corrected chi connectivity index (χ0v) is 10.1. The van der Waals surface area contributed by atoms with Crippen molar-refractivity contribution in [3.8, 4) is 0 Å². The molecule has 3 nitrogen and oxygen atoms in total. The van der Waals surface area contributed by atoms with Crippen LogP contribution in [0.3, 0.4) is 0 Å². The highest BCUT2D eigenvalue weighted by atomic mass is 79.9. The van der Waals surface area contributed by atoms with Gasteiger partial charge in [-0.05, 0) is 36.7 Å². The van der Waals surface area contributed by atoms with Crippen LogP contribution in [0.2, 0.25) is 0 Å². The predicted octanol–water partition coefficient (Wildman–Crippen LogP) is 2.87. The number of Topliss-reactive ketones (excluding diaryl/α,β-unsaturated/α-hetero) is 1. The minimum atomic E-state index is 0.0157. The number of anilines is 1. The van der Waals surface area contributed by atoms with Crippen LogP contribution in [-0.2, 0) is 0 Å². The average Bonchev–Trinajstić information content (AvgIpc) is 2.07. The molecule has 1 rings (SSSR count). The fraction of sp³-hybridized carbons (Fsp3) is 0.400. The minimum absolute atomic E-state index is 0.0157. The summed E-state index contributed by atoms with van der Waals surface area (Å²) in [6.45, 7) is 5.59. The molecule has 76 valence electrons. The molecule has 14 heavy (non-hydrogen) atoms. The number of carbonyl (C=O) groups is 1. The Hall–Kier alpha value is -0.900. The third-order valence-corrected chi connectivity index (χ3v) is 2.31. The molecular weight excluding hydrogens is 244 g/mol. The van der Waals surface area contributed by atoms with Crippen molar-refractivity contribution in [2.45, 2.75) is 26.8 Å². The number of pyridine rings is 1. The molecule has 1 aromatic rings. The van der Waals surface area contributed by atoms with E-state index in [1.165, 1.54) is 6.92 Å². The van der Waals surface area contributed by atoms with Crippen molar-refractivity contribution in [3.63, 3.8) is 0 Å². The van der Waals surface area contributed by atoms with Crippen LogP contribution in [0.15, 0.2) is 16.9 Å². The van der Waals surface area contributed by atoms with Gasteiger partial charge in [0.1, 0.15) is 0 Å². The number of hydrogen-bond donors (Lipinski definition) is 1. The van der Waals surface area contributed by atoms with E-state index < -0.39 is 0 Å². The summed E-state index contributed by atoms with van der Waals surface area (Å²) in [7, 11) is 0. The standard InChI is InChI=1S/C10H13BrN2O/c1-6(2)13-10-8(7(3)14)4-12-5-9(10)11/h4-6H,1-3H3,(H,12,13). The van der Waals surface area contributed by atoms with E-state index in [9.17, 15) is 4.79 Å². The number of carbonyl (C=O) groups excluding carboxylic acids is 1. The second-order valence-electron chi connectivity index (χ2n) is 3.40. The molecule has 0 radical (unpaired) electrons. The molecule has 0 aromatic carbocycles. The number of rotatable bonds is 3. The summed E-state index contributed by atoms with van der Waals surface area (Å²) < 4.78 is 0.818. The van der Waals surface area contributed by atoms with E-state index in [-0.39, 0.29) is 11.8 Å². The van der Waals surface area contributed by atoms with Crippen LogP contribution in [0.1, 0.15) is 31.1 Å². The second kappa shape index (κ2) is 4.55. The summed E-state index contributed by atoms with van der Waals surface area (Å²) in [5, 5.41) is 3.22. The van der Waals surface area contributed by atoms with Crippen LogP contribution in [0.5, 0.6) is 0 Å². The van der Waals surface area contributed by atoms with Crippen LogP contribution in [0, 0.1) is 0 Å². The molecule has 0 atom stereocenters. The Morgan fingerprint density at radius 1 is 1.50 bits per heavy atom. The lowest BCUT2D eigenvalue weighted by Gasteiger charge is -2.14. The first-order valence-corrected chi connectivity index (χ1v) is 5.22. The number of hydrogen-bond acceptors (Lipinski definition) is 3. The minimum Gasteiger partial charge on any atom is -0.381 e. The van der Waals surface area contributed by atoms with E-state index in [0.717, 1.165) is 10.2 Å². The van der Waals surface area contributed by atoms with Crippen LogP contribution >= 0.6 is 15.9 Å². The highest BCUT2D eigenvalue weighted by Gasteiger charge is 2.11. The van der Waals surface area contributed by atoms with Gasteiger partial charge in [0.05, 0.1) is 15.7 Å².